The van der Waals surface area contributed by atoms with E-state index in [0.29, 0.717) is 0 Å². The Kier molecular flexibility index (Phi) is 7.04. The van der Waals surface area contributed by atoms with Crippen molar-refractivity contribution in [1.29, 1.82) is 0 Å². The Morgan fingerprint density at radius 1 is 0.426 bits per heavy atom. The second kappa shape index (κ2) is 12.4. The van der Waals surface area contributed by atoms with Crippen LogP contribution in [0, 0.1) is 0 Å². The Morgan fingerprint density at radius 3 is 1.72 bits per heavy atom. The molecule has 0 aliphatic rings. The smallest absolute Gasteiger partial charge is 0.159 e. The maximum Gasteiger partial charge on any atom is 0.159 e. The highest BCUT2D eigenvalue weighted by Gasteiger charge is 2.21. The van der Waals surface area contributed by atoms with Gasteiger partial charge < -0.3 is 13.9 Å². The lowest BCUT2D eigenvalue weighted by Gasteiger charge is -2.26. The average Bonchev–Trinajstić information content (AvgIpc) is 3.91. The summed E-state index contributed by atoms with van der Waals surface area (Å²) in [5.74, 6) is 0. The van der Waals surface area contributed by atoms with E-state index in [9.17, 15) is 0 Å². The van der Waals surface area contributed by atoms with Crippen LogP contribution in [0.3, 0.4) is 0 Å². The maximum absolute atomic E-state index is 6.61. The van der Waals surface area contributed by atoms with Gasteiger partial charge in [0, 0.05) is 48.7 Å². The Hall–Kier alpha value is -6.88. The number of nitrogens with zero attached hydrogens (tertiary/aromatic N) is 2. The summed E-state index contributed by atoms with van der Waals surface area (Å²) in [5, 5.41) is 6.13. The van der Waals surface area contributed by atoms with Crippen molar-refractivity contribution in [3.63, 3.8) is 0 Å². The van der Waals surface area contributed by atoms with Crippen LogP contribution in [-0.2, 0) is 0 Å². The number of aromatic nitrogens is 1. The van der Waals surface area contributed by atoms with Gasteiger partial charge in [-0.25, -0.2) is 0 Å². The summed E-state index contributed by atoms with van der Waals surface area (Å²) in [4.78, 5) is 3.58. The lowest BCUT2D eigenvalue weighted by Crippen LogP contribution is -2.10. The predicted molar refractivity (Wildman–Crippen MR) is 229 cm³/mol. The Bertz CT molecular complexity index is 3130. The fourth-order valence-electron chi connectivity index (χ4n) is 8.07. The molecule has 0 N–H and O–H groups in total. The number of fused-ring (bicyclic) bond motifs is 8. The monoisotopic (exact) mass is 708 g/mol. The van der Waals surface area contributed by atoms with Crippen molar-refractivity contribution < 1.29 is 4.42 Å². The maximum atomic E-state index is 6.61. The Balaban J connectivity index is 1.04. The molecule has 0 spiro atoms. The van der Waals surface area contributed by atoms with Crippen LogP contribution in [0.25, 0.3) is 81.1 Å². The lowest BCUT2D eigenvalue weighted by molar-refractivity contribution is 0.669. The van der Waals surface area contributed by atoms with Gasteiger partial charge in [-0.15, -0.1) is 11.3 Å². The van der Waals surface area contributed by atoms with Crippen LogP contribution in [0.5, 0.6) is 0 Å². The molecule has 11 aromatic rings. The quantitative estimate of drug-likeness (QED) is 0.171. The number of para-hydroxylation sites is 3. The van der Waals surface area contributed by atoms with E-state index in [1.54, 1.807) is 0 Å². The fraction of sp³-hybridized carbons (Fsp3) is 0. The molecule has 11 rings (SSSR count). The first-order valence-corrected chi connectivity index (χ1v) is 19.1. The van der Waals surface area contributed by atoms with Crippen molar-refractivity contribution in [3.8, 4) is 27.9 Å². The third kappa shape index (κ3) is 4.88. The lowest BCUT2D eigenvalue weighted by atomic mass is 10.00. The topological polar surface area (TPSA) is 21.3 Å². The van der Waals surface area contributed by atoms with E-state index >= 15 is 0 Å². The van der Waals surface area contributed by atoms with Gasteiger partial charge >= 0.3 is 0 Å². The molecule has 0 aliphatic heterocycles. The van der Waals surface area contributed by atoms with Crippen LogP contribution in [0.1, 0.15) is 0 Å². The summed E-state index contributed by atoms with van der Waals surface area (Å²) in [7, 11) is 0. The van der Waals surface area contributed by atoms with Gasteiger partial charge in [0.1, 0.15) is 10.4 Å². The largest absolute Gasteiger partial charge is 0.454 e. The minimum Gasteiger partial charge on any atom is -0.454 e. The molecule has 8 aromatic carbocycles. The number of thiophene rings is 1. The molecule has 3 nitrogen and oxygen atoms in total. The summed E-state index contributed by atoms with van der Waals surface area (Å²) >= 11 is 1.86. The highest BCUT2D eigenvalue weighted by Crippen LogP contribution is 2.45. The van der Waals surface area contributed by atoms with Crippen molar-refractivity contribution >= 4 is 81.5 Å². The van der Waals surface area contributed by atoms with Crippen LogP contribution in [0.4, 0.5) is 17.1 Å². The summed E-state index contributed by atoms with van der Waals surface area (Å²) in [6, 6.07) is 69.4. The van der Waals surface area contributed by atoms with Crippen molar-refractivity contribution in [3.05, 3.63) is 194 Å². The zero-order valence-corrected chi connectivity index (χ0v) is 30.0. The van der Waals surface area contributed by atoms with Crippen molar-refractivity contribution in [1.82, 2.24) is 4.57 Å². The minimum atomic E-state index is 0.867. The molecule has 3 heterocycles. The summed E-state index contributed by atoms with van der Waals surface area (Å²) in [6.45, 7) is 0. The molecule has 0 amide bonds. The SMILES string of the molecule is c1ccc(-c2ccc(-c3ccc(N(c4ccc(-n5c6ccccc6c6c7ccccc7sc65)cc4)c4cccc5c4oc4ccccc45)cc3)cc2)cc1. The molecule has 0 atom stereocenters. The van der Waals surface area contributed by atoms with E-state index in [1.165, 1.54) is 53.5 Å². The first-order valence-electron chi connectivity index (χ1n) is 18.3. The number of anilines is 3. The summed E-state index contributed by atoms with van der Waals surface area (Å²) < 4.78 is 10.3. The number of hydrogen-bond acceptors (Lipinski definition) is 3. The van der Waals surface area contributed by atoms with Gasteiger partial charge in [-0.05, 0) is 82.9 Å². The molecule has 54 heavy (non-hydrogen) atoms. The molecule has 0 bridgehead atoms. The third-order valence-electron chi connectivity index (χ3n) is 10.6. The van der Waals surface area contributed by atoms with Gasteiger partial charge in [0.25, 0.3) is 0 Å². The number of benzene rings is 8. The standard InChI is InChI=1S/C50H32N2OS/c1-2-11-33(12-3-1)34-21-23-35(24-22-34)36-25-27-37(28-26-36)51(45-18-10-16-41-40-13-5-8-19-46(40)53-49(41)45)38-29-31-39(32-30-38)52-44-17-7-4-14-42(44)48-43-15-6-9-20-47(43)54-50(48)52/h1-32H. The molecule has 254 valence electrons. The highest BCUT2D eigenvalue weighted by molar-refractivity contribution is 7.25. The Morgan fingerprint density at radius 2 is 0.981 bits per heavy atom. The third-order valence-corrected chi connectivity index (χ3v) is 11.8. The van der Waals surface area contributed by atoms with Crippen LogP contribution in [0.15, 0.2) is 199 Å². The molecule has 3 aromatic heterocycles. The Labute approximate surface area is 316 Å². The van der Waals surface area contributed by atoms with Gasteiger partial charge in [-0.2, -0.15) is 0 Å². The zero-order valence-electron chi connectivity index (χ0n) is 29.2. The molecule has 4 heteroatoms. The van der Waals surface area contributed by atoms with E-state index in [0.717, 1.165) is 44.7 Å². The number of furan rings is 1. The van der Waals surface area contributed by atoms with E-state index in [2.05, 4.69) is 191 Å². The first kappa shape index (κ1) is 30.7. The molecule has 0 radical (unpaired) electrons. The average molecular weight is 709 g/mol. The molecule has 0 fully saturated rings. The molecular formula is C50H32N2OS. The van der Waals surface area contributed by atoms with E-state index < -0.39 is 0 Å². The highest BCUT2D eigenvalue weighted by atomic mass is 32.1. The van der Waals surface area contributed by atoms with E-state index in [4.69, 9.17) is 4.42 Å². The second-order valence-electron chi connectivity index (χ2n) is 13.7. The van der Waals surface area contributed by atoms with Crippen LogP contribution >= 0.6 is 11.3 Å². The van der Waals surface area contributed by atoms with Gasteiger partial charge in [0.15, 0.2) is 5.58 Å². The summed E-state index contributed by atoms with van der Waals surface area (Å²) in [5.41, 5.74) is 12.0. The predicted octanol–water partition coefficient (Wildman–Crippen LogP) is 14.7. The fourth-order valence-corrected chi connectivity index (χ4v) is 9.32. The van der Waals surface area contributed by atoms with Crippen molar-refractivity contribution in [2.24, 2.45) is 0 Å². The van der Waals surface area contributed by atoms with Crippen LogP contribution < -0.4 is 4.90 Å². The normalized spacial score (nSPS) is 11.7. The summed E-state index contributed by atoms with van der Waals surface area (Å²) in [6.07, 6.45) is 0. The van der Waals surface area contributed by atoms with Gasteiger partial charge in [-0.3, -0.25) is 0 Å². The molecule has 0 unspecified atom stereocenters. The first-order chi connectivity index (χ1) is 26.8. The van der Waals surface area contributed by atoms with Crippen molar-refractivity contribution in [2.75, 3.05) is 4.90 Å². The van der Waals surface area contributed by atoms with Gasteiger partial charge in [-0.1, -0.05) is 133 Å². The van der Waals surface area contributed by atoms with E-state index in [-0.39, 0.29) is 0 Å². The zero-order chi connectivity index (χ0) is 35.6. The second-order valence-corrected chi connectivity index (χ2v) is 14.8. The van der Waals surface area contributed by atoms with Gasteiger partial charge in [0.05, 0.1) is 11.2 Å². The minimum absolute atomic E-state index is 0.867. The number of hydrogen-bond donors (Lipinski definition) is 0. The van der Waals surface area contributed by atoms with E-state index in [1.807, 2.05) is 23.5 Å². The van der Waals surface area contributed by atoms with Crippen LogP contribution in [-0.4, -0.2) is 4.57 Å². The van der Waals surface area contributed by atoms with Crippen molar-refractivity contribution in [2.45, 2.75) is 0 Å². The van der Waals surface area contributed by atoms with Crippen LogP contribution in [0.2, 0.25) is 0 Å². The molecule has 0 aliphatic carbocycles. The molecule has 0 saturated heterocycles. The molecule has 0 saturated carbocycles. The number of rotatable bonds is 6. The van der Waals surface area contributed by atoms with Gasteiger partial charge in [0.2, 0.25) is 0 Å². The molecular weight excluding hydrogens is 677 g/mol.